The fourth-order valence-electron chi connectivity index (χ4n) is 5.16. The molecule has 36 heavy (non-hydrogen) atoms. The van der Waals surface area contributed by atoms with Gasteiger partial charge in [-0.1, -0.05) is 12.2 Å². The highest BCUT2D eigenvalue weighted by molar-refractivity contribution is 5.91. The van der Waals surface area contributed by atoms with Crippen molar-refractivity contribution in [2.24, 2.45) is 5.92 Å². The number of hydrogen-bond acceptors (Lipinski definition) is 11. The molecule has 11 heteroatoms. The number of methoxy groups -OCH3 is 1. The Kier molecular flexibility index (Phi) is 6.50. The zero-order valence-electron chi connectivity index (χ0n) is 20.8. The van der Waals surface area contributed by atoms with Gasteiger partial charge >= 0.3 is 23.9 Å². The lowest BCUT2D eigenvalue weighted by atomic mass is 9.82. The van der Waals surface area contributed by atoms with Gasteiger partial charge in [-0.2, -0.15) is 0 Å². The lowest BCUT2D eigenvalue weighted by Crippen LogP contribution is -2.42. The largest absolute Gasteiger partial charge is 0.465 e. The molecule has 1 aromatic rings. The molecule has 7 atom stereocenters. The van der Waals surface area contributed by atoms with Gasteiger partial charge in [-0.15, -0.1) is 0 Å². The number of allylic oxidation sites excluding steroid dienone is 1. The van der Waals surface area contributed by atoms with Crippen LogP contribution >= 0.6 is 0 Å². The van der Waals surface area contributed by atoms with Crippen molar-refractivity contribution in [2.45, 2.75) is 82.6 Å². The number of fused-ring (bicyclic) bond motifs is 2. The van der Waals surface area contributed by atoms with Crippen LogP contribution in [0, 0.1) is 5.92 Å². The second-order valence-corrected chi connectivity index (χ2v) is 9.88. The van der Waals surface area contributed by atoms with Crippen LogP contribution < -0.4 is 0 Å². The minimum atomic E-state index is -1.81. The molecule has 0 unspecified atom stereocenters. The van der Waals surface area contributed by atoms with E-state index in [9.17, 15) is 24.3 Å². The first kappa shape index (κ1) is 25.9. The van der Waals surface area contributed by atoms with Crippen molar-refractivity contribution in [3.63, 3.8) is 0 Å². The topological polar surface area (TPSA) is 151 Å². The molecule has 4 rings (SSSR count). The van der Waals surface area contributed by atoms with Crippen molar-refractivity contribution in [1.82, 2.24) is 0 Å². The zero-order chi connectivity index (χ0) is 26.6. The summed E-state index contributed by atoms with van der Waals surface area (Å²) in [7, 11) is 1.22. The van der Waals surface area contributed by atoms with Gasteiger partial charge in [0, 0.05) is 26.7 Å². The second kappa shape index (κ2) is 9.04. The summed E-state index contributed by atoms with van der Waals surface area (Å²) in [5, 5.41) is 11.5. The Hall–Kier alpha value is -3.18. The summed E-state index contributed by atoms with van der Waals surface area (Å²) in [6, 6.07) is 1.37. The summed E-state index contributed by atoms with van der Waals surface area (Å²) < 4.78 is 33.3. The molecule has 1 N–H and O–H groups in total. The summed E-state index contributed by atoms with van der Waals surface area (Å²) in [6.45, 7) is 9.59. The van der Waals surface area contributed by atoms with Crippen LogP contribution in [0.3, 0.4) is 0 Å². The van der Waals surface area contributed by atoms with Gasteiger partial charge in [0.25, 0.3) is 0 Å². The molecule has 0 radical (unpaired) electrons. The van der Waals surface area contributed by atoms with Gasteiger partial charge in [0.05, 0.1) is 7.11 Å². The van der Waals surface area contributed by atoms with Crippen LogP contribution in [0.4, 0.5) is 0 Å². The number of esters is 4. The van der Waals surface area contributed by atoms with E-state index in [4.69, 9.17) is 28.1 Å². The Morgan fingerprint density at radius 3 is 2.39 bits per heavy atom. The molecule has 0 spiro atoms. The lowest BCUT2D eigenvalue weighted by Gasteiger charge is -2.32. The summed E-state index contributed by atoms with van der Waals surface area (Å²) in [4.78, 5) is 49.5. The first-order chi connectivity index (χ1) is 16.8. The summed E-state index contributed by atoms with van der Waals surface area (Å²) in [5.74, 6) is -2.89. The molecule has 3 aliphatic heterocycles. The predicted octanol–water partition coefficient (Wildman–Crippen LogP) is 1.94. The van der Waals surface area contributed by atoms with E-state index in [1.165, 1.54) is 33.9 Å². The maximum Gasteiger partial charge on any atom is 0.345 e. The second-order valence-electron chi connectivity index (χ2n) is 9.88. The number of carbonyl (C=O) groups excluding carboxylic acids is 4. The molecular weight excluding hydrogens is 476 g/mol. The third kappa shape index (κ3) is 4.41. The quantitative estimate of drug-likeness (QED) is 0.276. The van der Waals surface area contributed by atoms with E-state index < -0.39 is 65.4 Å². The molecule has 0 amide bonds. The number of ether oxygens (including phenoxy) is 5. The number of furan rings is 1. The fourth-order valence-corrected chi connectivity index (χ4v) is 5.16. The Morgan fingerprint density at radius 2 is 1.83 bits per heavy atom. The monoisotopic (exact) mass is 506 g/mol. The van der Waals surface area contributed by atoms with E-state index in [0.717, 1.165) is 0 Å². The van der Waals surface area contributed by atoms with Crippen LogP contribution in [-0.2, 0) is 44.5 Å². The molecule has 2 fully saturated rings. The SMILES string of the molecule is C=C(C)[C@H]1Cc2oc(cc2C(=O)OC)[C@H](OC(C)=O)[C@@](C)(O)C[C@H]2OC(=O)[C@@]3(O[C@H]23)[C@H](OC(C)=O)C1. The zero-order valence-corrected chi connectivity index (χ0v) is 20.8. The molecule has 3 aliphatic rings. The highest BCUT2D eigenvalue weighted by Gasteiger charge is 2.78. The summed E-state index contributed by atoms with van der Waals surface area (Å²) in [6.07, 6.45) is -3.98. The average Bonchev–Trinajstić information content (AvgIpc) is 3.32. The van der Waals surface area contributed by atoms with Crippen LogP contribution in [0.5, 0.6) is 0 Å². The van der Waals surface area contributed by atoms with Crippen LogP contribution in [0.25, 0.3) is 0 Å². The normalized spacial score (nSPS) is 35.2. The van der Waals surface area contributed by atoms with Crippen LogP contribution in [0.1, 0.15) is 68.5 Å². The first-order valence-electron chi connectivity index (χ1n) is 11.6. The third-order valence-electron chi connectivity index (χ3n) is 6.97. The van der Waals surface area contributed by atoms with E-state index in [0.29, 0.717) is 5.57 Å². The number of hydrogen-bond donors (Lipinski definition) is 1. The van der Waals surface area contributed by atoms with Crippen molar-refractivity contribution in [1.29, 1.82) is 0 Å². The minimum Gasteiger partial charge on any atom is -0.465 e. The van der Waals surface area contributed by atoms with Gasteiger partial charge in [-0.25, -0.2) is 9.59 Å². The van der Waals surface area contributed by atoms with Crippen LogP contribution in [0.15, 0.2) is 22.6 Å². The highest BCUT2D eigenvalue weighted by atomic mass is 16.7. The maximum atomic E-state index is 13.0. The van der Waals surface area contributed by atoms with E-state index in [1.807, 2.05) is 0 Å². The Morgan fingerprint density at radius 1 is 1.17 bits per heavy atom. The smallest absolute Gasteiger partial charge is 0.345 e. The van der Waals surface area contributed by atoms with Gasteiger partial charge < -0.3 is 33.2 Å². The van der Waals surface area contributed by atoms with Crippen molar-refractivity contribution < 1.29 is 52.4 Å². The molecule has 11 nitrogen and oxygen atoms in total. The molecule has 0 aliphatic carbocycles. The molecular formula is C25H30O11. The van der Waals surface area contributed by atoms with E-state index in [2.05, 4.69) is 6.58 Å². The molecule has 1 aromatic heterocycles. The van der Waals surface area contributed by atoms with E-state index >= 15 is 0 Å². The van der Waals surface area contributed by atoms with Gasteiger partial charge in [0.2, 0.25) is 5.60 Å². The minimum absolute atomic E-state index is 0.0224. The van der Waals surface area contributed by atoms with Crippen molar-refractivity contribution in [2.75, 3.05) is 7.11 Å². The number of carbonyl (C=O) groups is 4. The van der Waals surface area contributed by atoms with Crippen molar-refractivity contribution >= 4 is 23.9 Å². The molecule has 4 bridgehead atoms. The third-order valence-corrected chi connectivity index (χ3v) is 6.97. The van der Waals surface area contributed by atoms with Crippen molar-refractivity contribution in [3.8, 4) is 0 Å². The fraction of sp³-hybridized carbons (Fsp3) is 0.600. The van der Waals surface area contributed by atoms with E-state index in [1.54, 1.807) is 6.92 Å². The molecule has 196 valence electrons. The maximum absolute atomic E-state index is 13.0. The Balaban J connectivity index is 1.86. The van der Waals surface area contributed by atoms with Gasteiger partial charge in [0.15, 0.2) is 6.10 Å². The summed E-state index contributed by atoms with van der Waals surface area (Å²) >= 11 is 0. The highest BCUT2D eigenvalue weighted by Crippen LogP contribution is 2.54. The molecule has 2 saturated heterocycles. The van der Waals surface area contributed by atoms with Gasteiger partial charge in [0.1, 0.15) is 41.0 Å². The molecule has 0 saturated carbocycles. The first-order valence-corrected chi connectivity index (χ1v) is 11.6. The van der Waals surface area contributed by atoms with Crippen LogP contribution in [0.2, 0.25) is 0 Å². The summed E-state index contributed by atoms with van der Waals surface area (Å²) in [5.41, 5.74) is -2.57. The van der Waals surface area contributed by atoms with Crippen molar-refractivity contribution in [3.05, 3.63) is 35.3 Å². The predicted molar refractivity (Wildman–Crippen MR) is 119 cm³/mol. The van der Waals surface area contributed by atoms with Gasteiger partial charge in [-0.05, 0) is 32.3 Å². The molecule has 4 heterocycles. The number of rotatable bonds is 4. The Bertz CT molecular complexity index is 1120. The van der Waals surface area contributed by atoms with Crippen LogP contribution in [-0.4, -0.2) is 65.6 Å². The number of aliphatic hydroxyl groups is 1. The molecule has 0 aromatic carbocycles. The number of epoxide rings is 1. The lowest BCUT2D eigenvalue weighted by molar-refractivity contribution is -0.177. The standard InChI is InChI=1S/C25H30O11/c1-11(2)14-7-16-15(22(28)31-6)9-17(34-16)20(33-13(4)27)24(5,30)10-18-21-25(36-21,23(29)35-18)19(8-14)32-12(3)26/h9,14,18-21,30H,1,7-8,10H2,2-6H3/t14-,18+,19+,20-,21+,24-,25+/m0/s1. The van der Waals surface area contributed by atoms with E-state index in [-0.39, 0.29) is 36.3 Å². The van der Waals surface area contributed by atoms with Gasteiger partial charge in [-0.3, -0.25) is 9.59 Å². The average molecular weight is 507 g/mol. The Labute approximate surface area is 207 Å².